The van der Waals surface area contributed by atoms with Gasteiger partial charge in [-0.25, -0.2) is 0 Å². The van der Waals surface area contributed by atoms with Crippen molar-refractivity contribution in [3.8, 4) is 0 Å². The van der Waals surface area contributed by atoms with Crippen LogP contribution in [0.5, 0.6) is 0 Å². The summed E-state index contributed by atoms with van der Waals surface area (Å²) in [7, 11) is 0. The van der Waals surface area contributed by atoms with E-state index in [1.54, 1.807) is 0 Å². The number of hydrogen-bond donors (Lipinski definition) is 14. The quantitative estimate of drug-likeness (QED) is 0.0786. The summed E-state index contributed by atoms with van der Waals surface area (Å²) in [5, 5.41) is 153. The van der Waals surface area contributed by atoms with Crippen molar-refractivity contribution in [1.82, 2.24) is 0 Å². The Labute approximate surface area is 475 Å². The van der Waals surface area contributed by atoms with E-state index < -0.39 is 185 Å². The van der Waals surface area contributed by atoms with Gasteiger partial charge in [0.2, 0.25) is 0 Å². The van der Waals surface area contributed by atoms with Crippen LogP contribution in [0.4, 0.5) is 0 Å². The molecule has 35 atom stereocenters. The van der Waals surface area contributed by atoms with Crippen LogP contribution >= 0.6 is 0 Å². The first-order valence-electron chi connectivity index (χ1n) is 30.0. The van der Waals surface area contributed by atoms with Gasteiger partial charge in [-0.3, -0.25) is 4.79 Å². The van der Waals surface area contributed by atoms with E-state index in [1.165, 1.54) is 0 Å². The third-order valence-corrected chi connectivity index (χ3v) is 22.0. The summed E-state index contributed by atoms with van der Waals surface area (Å²) in [4.78, 5) is 14.8. The molecule has 6 saturated heterocycles. The van der Waals surface area contributed by atoms with Gasteiger partial charge in [0, 0.05) is 30.1 Å². The topological polar surface area (TPSA) is 402 Å². The minimum atomic E-state index is -2.10. The van der Waals surface area contributed by atoms with Crippen LogP contribution in [0.3, 0.4) is 0 Å². The monoisotopic (exact) mass is 1180 g/mol. The zero-order valence-electron chi connectivity index (χ0n) is 46.9. The van der Waals surface area contributed by atoms with Gasteiger partial charge in [0.05, 0.1) is 57.5 Å². The number of rotatable bonds is 13. The zero-order chi connectivity index (χ0) is 58.6. The van der Waals surface area contributed by atoms with Crippen molar-refractivity contribution in [3.63, 3.8) is 0 Å². The number of aliphatic hydroxyl groups is 14. The predicted octanol–water partition coefficient (Wildman–Crippen LogP) is -3.82. The van der Waals surface area contributed by atoms with Gasteiger partial charge in [-0.15, -0.1) is 0 Å². The number of fused-ring (bicyclic) bond motifs is 7. The zero-order valence-corrected chi connectivity index (χ0v) is 46.9. The SMILES string of the molecule is CC1CCC2(OC1)OC1CC3C4CCC5CC(OC6OC(CO)C(OC7OC(CO)C(O)C(OC8OC(CO)C(O)C(OC9CCC(O)C(O)C9O)C8O)C7O)C(OC7OCC(O)C(O)C7O)C6O)CCC5(C)C4CC(=O)C3(C)C1C2C. The molecule has 14 N–H and O–H groups in total. The van der Waals surface area contributed by atoms with Crippen LogP contribution in [0.1, 0.15) is 98.3 Å². The van der Waals surface area contributed by atoms with Crippen molar-refractivity contribution >= 4 is 5.78 Å². The molecule has 6 heterocycles. The van der Waals surface area contributed by atoms with Crippen molar-refractivity contribution < 1.29 is 128 Å². The Balaban J connectivity index is 0.786. The van der Waals surface area contributed by atoms with Crippen LogP contribution in [0.2, 0.25) is 0 Å². The van der Waals surface area contributed by atoms with Crippen LogP contribution < -0.4 is 0 Å². The Hall–Kier alpha value is -1.33. The molecule has 26 nitrogen and oxygen atoms in total. The van der Waals surface area contributed by atoms with Crippen LogP contribution in [0.25, 0.3) is 0 Å². The lowest BCUT2D eigenvalue weighted by Crippen LogP contribution is -2.68. The molecule has 5 aliphatic carbocycles. The molecular weight excluding hydrogens is 1090 g/mol. The fraction of sp³-hybridized carbons (Fsp3) is 0.982. The van der Waals surface area contributed by atoms with Crippen LogP contribution in [0.15, 0.2) is 0 Å². The Bertz CT molecular complexity index is 2180. The molecule has 11 rings (SSSR count). The highest BCUT2D eigenvalue weighted by molar-refractivity contribution is 5.87. The highest BCUT2D eigenvalue weighted by Gasteiger charge is 2.72. The maximum atomic E-state index is 14.8. The number of ketones is 1. The minimum Gasteiger partial charge on any atom is -0.394 e. The molecule has 1 spiro atoms. The Morgan fingerprint density at radius 3 is 1.78 bits per heavy atom. The highest BCUT2D eigenvalue weighted by Crippen LogP contribution is 2.70. The maximum absolute atomic E-state index is 14.8. The lowest BCUT2D eigenvalue weighted by Gasteiger charge is -2.60. The van der Waals surface area contributed by atoms with E-state index in [0.29, 0.717) is 49.9 Å². The number of hydrogen-bond acceptors (Lipinski definition) is 26. The summed E-state index contributed by atoms with van der Waals surface area (Å²) < 4.78 is 67.8. The third-order valence-electron chi connectivity index (χ3n) is 22.0. The second-order valence-electron chi connectivity index (χ2n) is 26.5. The molecule has 5 saturated carbocycles. The molecule has 35 unspecified atom stereocenters. The van der Waals surface area contributed by atoms with Gasteiger partial charge in [-0.1, -0.05) is 27.7 Å². The average molecular weight is 1180 g/mol. The molecule has 0 aromatic rings. The summed E-state index contributed by atoms with van der Waals surface area (Å²) in [6.45, 7) is 6.44. The standard InChI is InChI=1S/C56H90O26/c1-21-9-12-56(73-19-21)22(2)36-31(82-56)14-27-25-6-5-23-13-24(10-11-54(23,3)26(25)15-35(62)55(27,36)4)74-51-45(71)49(81-50-42(68)38(64)29(61)20-72-50)46(34(18-59)78-51)79-52-44(70)48(41(67)33(17-58)76-52)80-53-43(69)47(40(66)32(16-57)77-53)75-30-8-7-28(60)37(63)39(30)65/h21-34,36-53,57-61,63-71H,5-20H2,1-4H3. The van der Waals surface area contributed by atoms with Gasteiger partial charge in [-0.05, 0) is 92.8 Å². The number of Topliss-reactive ketones (excluding diaryl/α,β-unsaturated/α-hetero) is 1. The molecule has 0 aromatic carbocycles. The lowest BCUT2D eigenvalue weighted by atomic mass is 9.44. The molecule has 470 valence electrons. The van der Waals surface area contributed by atoms with E-state index >= 15 is 0 Å². The van der Waals surface area contributed by atoms with Gasteiger partial charge < -0.3 is 124 Å². The van der Waals surface area contributed by atoms with Crippen LogP contribution in [-0.4, -0.2) is 269 Å². The lowest BCUT2D eigenvalue weighted by molar-refractivity contribution is -0.396. The van der Waals surface area contributed by atoms with Crippen molar-refractivity contribution in [1.29, 1.82) is 0 Å². The summed E-state index contributed by atoms with van der Waals surface area (Å²) >= 11 is 0. The second kappa shape index (κ2) is 24.2. The number of carbonyl (C=O) groups is 1. The van der Waals surface area contributed by atoms with Crippen LogP contribution in [0, 0.1) is 52.3 Å². The predicted molar refractivity (Wildman–Crippen MR) is 273 cm³/mol. The fourth-order valence-electron chi connectivity index (χ4n) is 17.2. The summed E-state index contributed by atoms with van der Waals surface area (Å²) in [6.07, 6.45) is -33.0. The molecule has 0 radical (unpaired) electrons. The summed E-state index contributed by atoms with van der Waals surface area (Å²) in [6, 6.07) is 0. The molecule has 26 heteroatoms. The van der Waals surface area contributed by atoms with Gasteiger partial charge in [0.1, 0.15) is 110 Å². The molecule has 0 amide bonds. The first kappa shape index (κ1) is 62.3. The highest BCUT2D eigenvalue weighted by atomic mass is 16.8. The molecular formula is C56H90O26. The van der Waals surface area contributed by atoms with Crippen molar-refractivity contribution in [3.05, 3.63) is 0 Å². The Morgan fingerprint density at radius 2 is 1.13 bits per heavy atom. The second-order valence-corrected chi connectivity index (χ2v) is 26.5. The number of carbonyl (C=O) groups excluding carboxylic acids is 1. The first-order chi connectivity index (χ1) is 39.0. The van der Waals surface area contributed by atoms with Gasteiger partial charge in [-0.2, -0.15) is 0 Å². The fourth-order valence-corrected chi connectivity index (χ4v) is 17.2. The Kier molecular flexibility index (Phi) is 18.4. The van der Waals surface area contributed by atoms with Crippen molar-refractivity contribution in [2.75, 3.05) is 33.0 Å². The normalized spacial score (nSPS) is 57.0. The average Bonchev–Trinajstić information content (AvgIpc) is 1.67. The van der Waals surface area contributed by atoms with Gasteiger partial charge in [0.15, 0.2) is 30.9 Å². The van der Waals surface area contributed by atoms with E-state index in [9.17, 15) is 76.3 Å². The first-order valence-corrected chi connectivity index (χ1v) is 30.0. The Morgan fingerprint density at radius 1 is 0.537 bits per heavy atom. The van der Waals surface area contributed by atoms with E-state index in [2.05, 4.69) is 27.7 Å². The van der Waals surface area contributed by atoms with Gasteiger partial charge >= 0.3 is 0 Å². The largest absolute Gasteiger partial charge is 0.394 e. The van der Waals surface area contributed by atoms with E-state index in [0.717, 1.165) is 32.1 Å². The van der Waals surface area contributed by atoms with Crippen LogP contribution in [-0.2, 0) is 56.9 Å². The minimum absolute atomic E-state index is 0.00791. The van der Waals surface area contributed by atoms with Gasteiger partial charge in [0.25, 0.3) is 0 Å². The third kappa shape index (κ3) is 10.7. The molecule has 0 bridgehead atoms. The maximum Gasteiger partial charge on any atom is 0.187 e. The van der Waals surface area contributed by atoms with E-state index in [-0.39, 0.29) is 54.0 Å². The van der Waals surface area contributed by atoms with E-state index in [4.69, 9.17) is 52.1 Å². The van der Waals surface area contributed by atoms with E-state index in [1.807, 2.05) is 0 Å². The van der Waals surface area contributed by atoms with Crippen molar-refractivity contribution in [2.45, 2.75) is 257 Å². The molecule has 6 aliphatic heterocycles. The molecule has 82 heavy (non-hydrogen) atoms. The summed E-state index contributed by atoms with van der Waals surface area (Å²) in [5.41, 5.74) is -0.713. The molecule has 0 aromatic heterocycles. The molecule has 11 fully saturated rings. The summed E-state index contributed by atoms with van der Waals surface area (Å²) in [5.74, 6) is 1.12. The van der Waals surface area contributed by atoms with Crippen molar-refractivity contribution in [2.24, 2.45) is 52.3 Å². The number of ether oxygens (including phenoxy) is 11. The smallest absolute Gasteiger partial charge is 0.187 e. The number of aliphatic hydroxyl groups excluding tert-OH is 14. The molecule has 11 aliphatic rings.